The maximum Gasteiger partial charge on any atom is 0.336 e. The molecule has 0 radical (unpaired) electrons. The van der Waals surface area contributed by atoms with Crippen LogP contribution in [0.5, 0.6) is 11.5 Å². The summed E-state index contributed by atoms with van der Waals surface area (Å²) in [5, 5.41) is 31.9. The third-order valence-corrected chi connectivity index (χ3v) is 3.79. The molecule has 5 nitrogen and oxygen atoms in total. The van der Waals surface area contributed by atoms with Gasteiger partial charge in [-0.2, -0.15) is 0 Å². The number of carboxylic acids is 1. The van der Waals surface area contributed by atoms with Gasteiger partial charge >= 0.3 is 5.97 Å². The molecule has 0 spiro atoms. The minimum atomic E-state index is -0.984. The number of fused-ring (bicyclic) bond motifs is 1. The first-order valence-electron chi connectivity index (χ1n) is 6.68. The number of nitrogens with one attached hydrogen (secondary N) is 1. The zero-order chi connectivity index (χ0) is 15.0. The van der Waals surface area contributed by atoms with Gasteiger partial charge in [0.2, 0.25) is 0 Å². The van der Waals surface area contributed by atoms with Crippen molar-refractivity contribution in [3.8, 4) is 11.5 Å². The van der Waals surface area contributed by atoms with Crippen molar-refractivity contribution < 1.29 is 20.1 Å². The summed E-state index contributed by atoms with van der Waals surface area (Å²) in [4.78, 5) is 11.4. The quantitative estimate of drug-likeness (QED) is 0.634. The van der Waals surface area contributed by atoms with Gasteiger partial charge in [0, 0.05) is 6.54 Å². The van der Waals surface area contributed by atoms with E-state index in [9.17, 15) is 20.1 Å². The molecule has 5 heteroatoms. The van der Waals surface area contributed by atoms with Crippen molar-refractivity contribution in [3.63, 3.8) is 0 Å². The van der Waals surface area contributed by atoms with Crippen molar-refractivity contribution in [2.45, 2.75) is 12.5 Å². The van der Waals surface area contributed by atoms with E-state index in [1.165, 1.54) is 6.07 Å². The second-order valence-corrected chi connectivity index (χ2v) is 5.07. The Labute approximate surface area is 121 Å². The van der Waals surface area contributed by atoms with Crippen molar-refractivity contribution in [1.82, 2.24) is 5.32 Å². The molecule has 0 fully saturated rings. The molecule has 1 heterocycles. The molecule has 0 bridgehead atoms. The van der Waals surface area contributed by atoms with Crippen molar-refractivity contribution in [2.24, 2.45) is 0 Å². The lowest BCUT2D eigenvalue weighted by molar-refractivity contribution is 0.0695. The fraction of sp³-hybridized carbons (Fsp3) is 0.188. The summed E-state index contributed by atoms with van der Waals surface area (Å²) >= 11 is 0. The van der Waals surface area contributed by atoms with Crippen LogP contribution in [-0.2, 0) is 6.42 Å². The smallest absolute Gasteiger partial charge is 0.336 e. The molecule has 1 atom stereocenters. The lowest BCUT2D eigenvalue weighted by Crippen LogP contribution is -2.31. The largest absolute Gasteiger partial charge is 0.504 e. The number of benzene rings is 2. The van der Waals surface area contributed by atoms with E-state index >= 15 is 0 Å². The number of phenolic OH excluding ortho intramolecular Hbond substituents is 2. The average Bonchev–Trinajstić information content (AvgIpc) is 2.48. The molecule has 108 valence electrons. The minimum absolute atomic E-state index is 0.152. The van der Waals surface area contributed by atoms with E-state index in [4.69, 9.17) is 0 Å². The SMILES string of the molecule is O=C(O)c1ccccc1C1NCCc2cc(O)c(O)cc21. The Morgan fingerprint density at radius 1 is 1.10 bits per heavy atom. The van der Waals surface area contributed by atoms with Crippen LogP contribution in [-0.4, -0.2) is 27.8 Å². The molecule has 1 aliphatic heterocycles. The zero-order valence-corrected chi connectivity index (χ0v) is 11.2. The maximum absolute atomic E-state index is 11.4. The Morgan fingerprint density at radius 3 is 2.57 bits per heavy atom. The molecule has 0 aromatic heterocycles. The summed E-state index contributed by atoms with van der Waals surface area (Å²) in [5.41, 5.74) is 2.59. The molecule has 0 aliphatic carbocycles. The molecule has 4 N–H and O–H groups in total. The minimum Gasteiger partial charge on any atom is -0.504 e. The molecular weight excluding hydrogens is 270 g/mol. The predicted molar refractivity (Wildman–Crippen MR) is 76.7 cm³/mol. The fourth-order valence-electron chi connectivity index (χ4n) is 2.80. The highest BCUT2D eigenvalue weighted by atomic mass is 16.4. The average molecular weight is 285 g/mol. The second kappa shape index (κ2) is 5.10. The van der Waals surface area contributed by atoms with Crippen molar-refractivity contribution >= 4 is 5.97 Å². The number of hydrogen-bond acceptors (Lipinski definition) is 4. The van der Waals surface area contributed by atoms with Crippen LogP contribution in [0.15, 0.2) is 36.4 Å². The van der Waals surface area contributed by atoms with E-state index < -0.39 is 5.97 Å². The number of phenols is 2. The van der Waals surface area contributed by atoms with Crippen molar-refractivity contribution in [3.05, 3.63) is 58.7 Å². The molecule has 21 heavy (non-hydrogen) atoms. The Bertz CT molecular complexity index is 711. The molecule has 3 rings (SSSR count). The second-order valence-electron chi connectivity index (χ2n) is 5.07. The van der Waals surface area contributed by atoms with Gasteiger partial charge in [-0.25, -0.2) is 4.79 Å². The van der Waals surface area contributed by atoms with Gasteiger partial charge in [0.1, 0.15) is 0 Å². The van der Waals surface area contributed by atoms with Crippen LogP contribution in [0.2, 0.25) is 0 Å². The molecule has 1 unspecified atom stereocenters. The van der Waals surface area contributed by atoms with Gasteiger partial charge in [-0.15, -0.1) is 0 Å². The summed E-state index contributed by atoms with van der Waals surface area (Å²) in [6.45, 7) is 0.676. The van der Waals surface area contributed by atoms with E-state index in [0.29, 0.717) is 12.1 Å². The first-order chi connectivity index (χ1) is 10.1. The Morgan fingerprint density at radius 2 is 1.81 bits per heavy atom. The topological polar surface area (TPSA) is 89.8 Å². The van der Waals surface area contributed by atoms with Crippen LogP contribution in [0, 0.1) is 0 Å². The highest BCUT2D eigenvalue weighted by Crippen LogP contribution is 2.37. The van der Waals surface area contributed by atoms with Crippen molar-refractivity contribution in [2.75, 3.05) is 6.54 Å². The number of aromatic hydroxyl groups is 2. The molecule has 2 aromatic rings. The van der Waals surface area contributed by atoms with Crippen LogP contribution in [0.3, 0.4) is 0 Å². The Hall–Kier alpha value is -2.53. The summed E-state index contributed by atoms with van der Waals surface area (Å²) in [6.07, 6.45) is 0.717. The highest BCUT2D eigenvalue weighted by molar-refractivity contribution is 5.89. The number of rotatable bonds is 2. The van der Waals surface area contributed by atoms with Crippen LogP contribution < -0.4 is 5.32 Å². The van der Waals surface area contributed by atoms with Crippen LogP contribution in [0.25, 0.3) is 0 Å². The van der Waals surface area contributed by atoms with E-state index in [0.717, 1.165) is 17.5 Å². The van der Waals surface area contributed by atoms with Gasteiger partial charge < -0.3 is 20.6 Å². The lowest BCUT2D eigenvalue weighted by atomic mass is 9.87. The Balaban J connectivity index is 2.15. The van der Waals surface area contributed by atoms with Gasteiger partial charge in [0.15, 0.2) is 11.5 Å². The molecule has 1 aliphatic rings. The Kier molecular flexibility index (Phi) is 3.27. The standard InChI is InChI=1S/C16H15NO4/c18-13-7-9-5-6-17-15(12(9)8-14(13)19)10-3-1-2-4-11(10)16(20)21/h1-4,7-8,15,17-19H,5-6H2,(H,20,21). The van der Waals surface area contributed by atoms with Crippen LogP contribution in [0.1, 0.15) is 33.1 Å². The number of carbonyl (C=O) groups is 1. The normalized spacial score (nSPS) is 17.2. The maximum atomic E-state index is 11.4. The van der Waals surface area contributed by atoms with Crippen LogP contribution >= 0.6 is 0 Å². The lowest BCUT2D eigenvalue weighted by Gasteiger charge is -2.28. The highest BCUT2D eigenvalue weighted by Gasteiger charge is 2.26. The van der Waals surface area contributed by atoms with Gasteiger partial charge in [-0.3, -0.25) is 0 Å². The van der Waals surface area contributed by atoms with Crippen molar-refractivity contribution in [1.29, 1.82) is 0 Å². The molecular formula is C16H15NO4. The zero-order valence-electron chi connectivity index (χ0n) is 11.2. The summed E-state index contributed by atoms with van der Waals surface area (Å²) in [7, 11) is 0. The first kappa shape index (κ1) is 13.5. The van der Waals surface area contributed by atoms with Gasteiger partial charge in [0.25, 0.3) is 0 Å². The fourth-order valence-corrected chi connectivity index (χ4v) is 2.80. The summed E-state index contributed by atoms with van der Waals surface area (Å²) in [5.74, 6) is -1.33. The molecule has 0 amide bonds. The molecule has 0 saturated carbocycles. The number of carboxylic acid groups (broad SMARTS) is 1. The summed E-state index contributed by atoms with van der Waals surface area (Å²) < 4.78 is 0. The van der Waals surface area contributed by atoms with E-state index in [1.54, 1.807) is 30.3 Å². The third-order valence-electron chi connectivity index (χ3n) is 3.79. The van der Waals surface area contributed by atoms with E-state index in [1.807, 2.05) is 0 Å². The first-order valence-corrected chi connectivity index (χ1v) is 6.68. The van der Waals surface area contributed by atoms with Gasteiger partial charge in [-0.1, -0.05) is 18.2 Å². The molecule has 0 saturated heterocycles. The van der Waals surface area contributed by atoms with Gasteiger partial charge in [-0.05, 0) is 41.3 Å². The monoisotopic (exact) mass is 285 g/mol. The number of hydrogen-bond donors (Lipinski definition) is 4. The molecule has 2 aromatic carbocycles. The third kappa shape index (κ3) is 2.32. The number of aromatic carboxylic acids is 1. The predicted octanol–water partition coefficient (Wildman–Crippen LogP) is 2.03. The van der Waals surface area contributed by atoms with E-state index in [-0.39, 0.29) is 23.1 Å². The van der Waals surface area contributed by atoms with Crippen LogP contribution in [0.4, 0.5) is 0 Å². The van der Waals surface area contributed by atoms with Gasteiger partial charge in [0.05, 0.1) is 11.6 Å². The van der Waals surface area contributed by atoms with E-state index in [2.05, 4.69) is 5.32 Å². The summed E-state index contributed by atoms with van der Waals surface area (Å²) in [6, 6.07) is 9.53.